The molecule has 0 radical (unpaired) electrons. The van der Waals surface area contributed by atoms with Crippen LogP contribution >= 0.6 is 0 Å². The van der Waals surface area contributed by atoms with Crippen LogP contribution in [0.5, 0.6) is 0 Å². The Morgan fingerprint density at radius 3 is 2.59 bits per heavy atom. The molecule has 0 aromatic heterocycles. The van der Waals surface area contributed by atoms with Gasteiger partial charge in [-0.3, -0.25) is 0 Å². The van der Waals surface area contributed by atoms with Crippen LogP contribution in [-0.2, 0) is 14.3 Å². The van der Waals surface area contributed by atoms with E-state index in [-0.39, 0.29) is 0 Å². The van der Waals surface area contributed by atoms with Crippen molar-refractivity contribution in [2.24, 2.45) is 17.8 Å². The topological polar surface area (TPSA) is 35.5 Å². The lowest BCUT2D eigenvalue weighted by atomic mass is 9.67. The first-order chi connectivity index (χ1) is 8.33. The maximum atomic E-state index is 10.8. The van der Waals surface area contributed by atoms with Crippen LogP contribution in [0.25, 0.3) is 0 Å². The second kappa shape index (κ2) is 6.50. The fourth-order valence-corrected chi connectivity index (χ4v) is 3.46. The summed E-state index contributed by atoms with van der Waals surface area (Å²) in [7, 11) is 1.71. The molecule has 0 spiro atoms. The molecule has 0 aromatic rings. The van der Waals surface area contributed by atoms with Crippen molar-refractivity contribution in [3.8, 4) is 0 Å². The molecule has 98 valence electrons. The number of fused-ring (bicyclic) bond motifs is 1. The first kappa shape index (κ1) is 13.0. The van der Waals surface area contributed by atoms with Gasteiger partial charge in [-0.15, -0.1) is 0 Å². The minimum Gasteiger partial charge on any atom is -0.382 e. The Labute approximate surface area is 104 Å². The van der Waals surface area contributed by atoms with Gasteiger partial charge in [0.2, 0.25) is 0 Å². The Hall–Kier alpha value is -0.410. The van der Waals surface area contributed by atoms with Gasteiger partial charge in [-0.2, -0.15) is 0 Å². The summed E-state index contributed by atoms with van der Waals surface area (Å²) in [5.41, 5.74) is 0. The van der Waals surface area contributed by atoms with Gasteiger partial charge in [0, 0.05) is 13.0 Å². The third-order valence-electron chi connectivity index (χ3n) is 4.44. The molecule has 4 atom stereocenters. The molecule has 4 unspecified atom stereocenters. The molecule has 0 amide bonds. The maximum absolute atomic E-state index is 10.8. The predicted molar refractivity (Wildman–Crippen MR) is 65.9 cm³/mol. The molecule has 2 fully saturated rings. The lowest BCUT2D eigenvalue weighted by Crippen LogP contribution is -2.34. The summed E-state index contributed by atoms with van der Waals surface area (Å²) in [6.07, 6.45) is 8.63. The van der Waals surface area contributed by atoms with E-state index in [9.17, 15) is 4.79 Å². The van der Waals surface area contributed by atoms with Crippen LogP contribution in [0.1, 0.15) is 38.5 Å². The summed E-state index contributed by atoms with van der Waals surface area (Å²) in [5.74, 6) is 1.91. The van der Waals surface area contributed by atoms with Crippen molar-refractivity contribution >= 4 is 6.29 Å². The molecule has 0 aromatic carbocycles. The number of hydrogen-bond donors (Lipinski definition) is 0. The molecule has 3 heteroatoms. The fourth-order valence-electron chi connectivity index (χ4n) is 3.46. The number of carbonyl (C=O) groups excluding carboxylic acids is 1. The average Bonchev–Trinajstić information content (AvgIpc) is 2.38. The van der Waals surface area contributed by atoms with Gasteiger partial charge in [0.05, 0.1) is 19.3 Å². The number of carbonyl (C=O) groups is 1. The Balaban J connectivity index is 1.75. The zero-order valence-corrected chi connectivity index (χ0v) is 10.8. The first-order valence-corrected chi connectivity index (χ1v) is 6.89. The first-order valence-electron chi connectivity index (χ1n) is 6.89. The Bertz CT molecular complexity index is 242. The van der Waals surface area contributed by atoms with E-state index >= 15 is 0 Å². The molecule has 17 heavy (non-hydrogen) atoms. The van der Waals surface area contributed by atoms with Crippen LogP contribution in [0, 0.1) is 17.8 Å². The van der Waals surface area contributed by atoms with E-state index in [4.69, 9.17) is 9.47 Å². The van der Waals surface area contributed by atoms with Crippen molar-refractivity contribution in [1.82, 2.24) is 0 Å². The van der Waals surface area contributed by atoms with Gasteiger partial charge in [0.1, 0.15) is 6.29 Å². The van der Waals surface area contributed by atoms with Gasteiger partial charge in [-0.05, 0) is 50.4 Å². The van der Waals surface area contributed by atoms with Gasteiger partial charge >= 0.3 is 0 Å². The van der Waals surface area contributed by atoms with Crippen molar-refractivity contribution in [3.63, 3.8) is 0 Å². The lowest BCUT2D eigenvalue weighted by molar-refractivity contribution is -0.113. The summed E-state index contributed by atoms with van der Waals surface area (Å²) in [6.45, 7) is 1.41. The van der Waals surface area contributed by atoms with Crippen LogP contribution in [0.3, 0.4) is 0 Å². The second-order valence-electron chi connectivity index (χ2n) is 5.53. The number of methoxy groups -OCH3 is 1. The van der Waals surface area contributed by atoms with E-state index in [1.165, 1.54) is 19.3 Å². The van der Waals surface area contributed by atoms with E-state index in [2.05, 4.69) is 0 Å². The molecule has 3 nitrogen and oxygen atoms in total. The molecule has 0 saturated heterocycles. The smallest absolute Gasteiger partial charge is 0.123 e. The van der Waals surface area contributed by atoms with Crippen molar-refractivity contribution < 1.29 is 14.3 Å². The fraction of sp³-hybridized carbons (Fsp3) is 0.929. The standard InChI is InChI=1S/C14H24O3/c1-16-6-7-17-14-5-4-12-8-11(10-15)2-3-13(12)9-14/h10-14H,2-9H2,1H3. The second-order valence-corrected chi connectivity index (χ2v) is 5.53. The van der Waals surface area contributed by atoms with Crippen LogP contribution < -0.4 is 0 Å². The molecular formula is C14H24O3. The zero-order chi connectivity index (χ0) is 12.1. The van der Waals surface area contributed by atoms with Crippen molar-refractivity contribution in [2.75, 3.05) is 20.3 Å². The zero-order valence-electron chi connectivity index (χ0n) is 10.8. The van der Waals surface area contributed by atoms with Crippen LogP contribution in [-0.4, -0.2) is 32.7 Å². The van der Waals surface area contributed by atoms with Gasteiger partial charge in [0.25, 0.3) is 0 Å². The van der Waals surface area contributed by atoms with Gasteiger partial charge in [-0.1, -0.05) is 0 Å². The van der Waals surface area contributed by atoms with E-state index in [0.29, 0.717) is 18.6 Å². The maximum Gasteiger partial charge on any atom is 0.123 e. The number of hydrogen-bond acceptors (Lipinski definition) is 3. The van der Waals surface area contributed by atoms with Crippen molar-refractivity contribution in [2.45, 2.75) is 44.6 Å². The van der Waals surface area contributed by atoms with E-state index in [1.54, 1.807) is 7.11 Å². The highest BCUT2D eigenvalue weighted by atomic mass is 16.5. The molecule has 0 aliphatic heterocycles. The Kier molecular flexibility index (Phi) is 4.99. The van der Waals surface area contributed by atoms with Crippen LogP contribution in [0.2, 0.25) is 0 Å². The minimum atomic E-state index is 0.335. The lowest BCUT2D eigenvalue weighted by Gasteiger charge is -2.40. The molecule has 0 bridgehead atoms. The predicted octanol–water partition coefficient (Wildman–Crippen LogP) is 2.43. The largest absolute Gasteiger partial charge is 0.382 e. The third-order valence-corrected chi connectivity index (χ3v) is 4.44. The van der Waals surface area contributed by atoms with Gasteiger partial charge in [-0.25, -0.2) is 0 Å². The van der Waals surface area contributed by atoms with Crippen LogP contribution in [0.4, 0.5) is 0 Å². The average molecular weight is 240 g/mol. The minimum absolute atomic E-state index is 0.335. The van der Waals surface area contributed by atoms with E-state index in [0.717, 1.165) is 44.0 Å². The monoisotopic (exact) mass is 240 g/mol. The molecule has 0 N–H and O–H groups in total. The molecular weight excluding hydrogens is 216 g/mol. The van der Waals surface area contributed by atoms with E-state index < -0.39 is 0 Å². The summed E-state index contributed by atoms with van der Waals surface area (Å²) in [6, 6.07) is 0. The Morgan fingerprint density at radius 2 is 1.82 bits per heavy atom. The summed E-state index contributed by atoms with van der Waals surface area (Å²) in [4.78, 5) is 10.8. The van der Waals surface area contributed by atoms with Gasteiger partial charge in [0.15, 0.2) is 0 Å². The highest BCUT2D eigenvalue weighted by Crippen LogP contribution is 2.42. The number of aldehydes is 1. The highest BCUT2D eigenvalue weighted by molar-refractivity contribution is 5.53. The quantitative estimate of drug-likeness (QED) is 0.547. The van der Waals surface area contributed by atoms with Gasteiger partial charge < -0.3 is 14.3 Å². The number of rotatable bonds is 5. The molecule has 2 aliphatic carbocycles. The molecule has 2 rings (SSSR count). The molecule has 2 saturated carbocycles. The van der Waals surface area contributed by atoms with Crippen molar-refractivity contribution in [1.29, 1.82) is 0 Å². The molecule has 2 aliphatic rings. The molecule has 0 heterocycles. The van der Waals surface area contributed by atoms with Crippen molar-refractivity contribution in [3.05, 3.63) is 0 Å². The summed E-state index contributed by atoms with van der Waals surface area (Å²) >= 11 is 0. The Morgan fingerprint density at radius 1 is 1.06 bits per heavy atom. The number of ether oxygens (including phenoxy) is 2. The van der Waals surface area contributed by atoms with E-state index in [1.807, 2.05) is 0 Å². The van der Waals surface area contributed by atoms with Crippen LogP contribution in [0.15, 0.2) is 0 Å². The normalized spacial score (nSPS) is 37.5. The summed E-state index contributed by atoms with van der Waals surface area (Å²) in [5, 5.41) is 0. The highest BCUT2D eigenvalue weighted by Gasteiger charge is 2.35. The summed E-state index contributed by atoms with van der Waals surface area (Å²) < 4.78 is 10.8. The third kappa shape index (κ3) is 3.52. The SMILES string of the molecule is COCCOC1CCC2CC(C=O)CCC2C1.